The van der Waals surface area contributed by atoms with E-state index in [1.807, 2.05) is 10.9 Å². The van der Waals surface area contributed by atoms with Crippen molar-refractivity contribution in [2.75, 3.05) is 0 Å². The molecule has 0 atom stereocenters. The van der Waals surface area contributed by atoms with Crippen molar-refractivity contribution in [3.05, 3.63) is 18.0 Å². The van der Waals surface area contributed by atoms with Crippen LogP contribution in [0, 0.1) is 6.92 Å². The Morgan fingerprint density at radius 3 is 2.82 bits per heavy atom. The lowest BCUT2D eigenvalue weighted by atomic mass is 10.2. The average Bonchev–Trinajstić information content (AvgIpc) is 2.37. The second-order valence-corrected chi connectivity index (χ2v) is 2.99. The summed E-state index contributed by atoms with van der Waals surface area (Å²) in [5.41, 5.74) is 1.25. The Morgan fingerprint density at radius 2 is 2.27 bits per heavy atom. The normalized spacial score (nSPS) is 10.4. The van der Waals surface area contributed by atoms with Gasteiger partial charge in [-0.15, -0.1) is 0 Å². The van der Waals surface area contributed by atoms with E-state index in [0.29, 0.717) is 0 Å². The van der Waals surface area contributed by atoms with Crippen LogP contribution >= 0.6 is 0 Å². The molecule has 0 saturated heterocycles. The topological polar surface area (TPSA) is 17.8 Å². The van der Waals surface area contributed by atoms with Crippen molar-refractivity contribution in [3.8, 4) is 0 Å². The van der Waals surface area contributed by atoms with E-state index in [-0.39, 0.29) is 0 Å². The minimum Gasteiger partial charge on any atom is -0.272 e. The predicted octanol–water partition coefficient (Wildman–Crippen LogP) is 2.38. The molecule has 2 nitrogen and oxygen atoms in total. The van der Waals surface area contributed by atoms with E-state index < -0.39 is 0 Å². The first-order valence-electron chi connectivity index (χ1n) is 4.32. The minimum atomic E-state index is 1.07. The van der Waals surface area contributed by atoms with Gasteiger partial charge in [-0.3, -0.25) is 4.68 Å². The summed E-state index contributed by atoms with van der Waals surface area (Å²) >= 11 is 0. The third kappa shape index (κ3) is 2.74. The molecule has 0 unspecified atom stereocenters. The summed E-state index contributed by atoms with van der Waals surface area (Å²) in [6, 6.07) is 0. The summed E-state index contributed by atoms with van der Waals surface area (Å²) < 4.78 is 2.02. The van der Waals surface area contributed by atoms with Crippen LogP contribution in [0.25, 0.3) is 0 Å². The second kappa shape index (κ2) is 4.16. The number of hydrogen-bond acceptors (Lipinski definition) is 1. The van der Waals surface area contributed by atoms with Crippen molar-refractivity contribution in [2.24, 2.45) is 0 Å². The molecule has 1 rings (SSSR count). The van der Waals surface area contributed by atoms with Gasteiger partial charge in [-0.1, -0.05) is 19.8 Å². The van der Waals surface area contributed by atoms with E-state index in [0.717, 1.165) is 6.54 Å². The quantitative estimate of drug-likeness (QED) is 0.606. The second-order valence-electron chi connectivity index (χ2n) is 2.99. The maximum absolute atomic E-state index is 4.20. The van der Waals surface area contributed by atoms with Crippen LogP contribution in [0.5, 0.6) is 0 Å². The largest absolute Gasteiger partial charge is 0.272 e. The molecule has 0 fully saturated rings. The third-order valence-corrected chi connectivity index (χ3v) is 1.75. The summed E-state index contributed by atoms with van der Waals surface area (Å²) in [6.07, 6.45) is 7.83. The zero-order valence-electron chi connectivity index (χ0n) is 7.38. The fourth-order valence-electron chi connectivity index (χ4n) is 1.11. The molecule has 0 aliphatic carbocycles. The van der Waals surface area contributed by atoms with Gasteiger partial charge >= 0.3 is 0 Å². The zero-order chi connectivity index (χ0) is 8.10. The Hall–Kier alpha value is -0.790. The molecular weight excluding hydrogens is 136 g/mol. The monoisotopic (exact) mass is 152 g/mol. The number of nitrogens with zero attached hydrogens (tertiary/aromatic N) is 2. The third-order valence-electron chi connectivity index (χ3n) is 1.75. The fourth-order valence-corrected chi connectivity index (χ4v) is 1.11. The smallest absolute Gasteiger partial charge is 0.0518 e. The van der Waals surface area contributed by atoms with Crippen molar-refractivity contribution >= 4 is 0 Å². The lowest BCUT2D eigenvalue weighted by Crippen LogP contribution is -1.97. The summed E-state index contributed by atoms with van der Waals surface area (Å²) in [5.74, 6) is 0. The predicted molar refractivity (Wildman–Crippen MR) is 46.5 cm³/mol. The lowest BCUT2D eigenvalue weighted by molar-refractivity contribution is 0.553. The Morgan fingerprint density at radius 1 is 1.45 bits per heavy atom. The fraction of sp³-hybridized carbons (Fsp3) is 0.667. The van der Waals surface area contributed by atoms with Crippen LogP contribution < -0.4 is 0 Å². The number of rotatable bonds is 4. The number of hydrogen-bond donors (Lipinski definition) is 0. The molecular formula is C9H16N2. The Bertz CT molecular complexity index is 203. The van der Waals surface area contributed by atoms with E-state index in [1.54, 1.807) is 0 Å². The van der Waals surface area contributed by atoms with Crippen LogP contribution in [0.1, 0.15) is 31.7 Å². The van der Waals surface area contributed by atoms with Crippen LogP contribution in [0.2, 0.25) is 0 Å². The average molecular weight is 152 g/mol. The van der Waals surface area contributed by atoms with Gasteiger partial charge in [0.25, 0.3) is 0 Å². The van der Waals surface area contributed by atoms with E-state index in [4.69, 9.17) is 0 Å². The summed E-state index contributed by atoms with van der Waals surface area (Å²) in [4.78, 5) is 0. The van der Waals surface area contributed by atoms with Crippen molar-refractivity contribution in [1.82, 2.24) is 9.78 Å². The van der Waals surface area contributed by atoms with Gasteiger partial charge in [-0.25, -0.2) is 0 Å². The molecule has 1 aromatic heterocycles. The van der Waals surface area contributed by atoms with E-state index in [9.17, 15) is 0 Å². The molecule has 0 aromatic carbocycles. The summed E-state index contributed by atoms with van der Waals surface area (Å²) in [5, 5.41) is 4.20. The molecule has 2 heteroatoms. The van der Waals surface area contributed by atoms with Crippen LogP contribution in [0.3, 0.4) is 0 Å². The van der Waals surface area contributed by atoms with Gasteiger partial charge in [0.15, 0.2) is 0 Å². The molecule has 0 saturated carbocycles. The Labute approximate surface area is 68.2 Å². The van der Waals surface area contributed by atoms with Gasteiger partial charge in [-0.05, 0) is 18.9 Å². The first-order valence-corrected chi connectivity index (χ1v) is 4.32. The zero-order valence-corrected chi connectivity index (χ0v) is 7.38. The summed E-state index contributed by atoms with van der Waals surface area (Å²) in [7, 11) is 0. The highest BCUT2D eigenvalue weighted by molar-refractivity contribution is 4.99. The van der Waals surface area contributed by atoms with E-state index in [2.05, 4.69) is 25.1 Å². The SMILES string of the molecule is CCCCCn1cc(C)cn1. The van der Waals surface area contributed by atoms with Crippen LogP contribution in [0.15, 0.2) is 12.4 Å². The van der Waals surface area contributed by atoms with Gasteiger partial charge in [0.2, 0.25) is 0 Å². The van der Waals surface area contributed by atoms with Crippen molar-refractivity contribution in [2.45, 2.75) is 39.7 Å². The Kier molecular flexibility index (Phi) is 3.14. The minimum absolute atomic E-state index is 1.07. The van der Waals surface area contributed by atoms with Crippen LogP contribution in [-0.4, -0.2) is 9.78 Å². The highest BCUT2D eigenvalue weighted by atomic mass is 15.3. The number of aryl methyl sites for hydroxylation is 2. The van der Waals surface area contributed by atoms with E-state index in [1.165, 1.54) is 24.8 Å². The maximum atomic E-state index is 4.20. The molecule has 0 radical (unpaired) electrons. The standard InChI is InChI=1S/C9H16N2/c1-3-4-5-6-11-8-9(2)7-10-11/h7-8H,3-6H2,1-2H3. The van der Waals surface area contributed by atoms with Crippen LogP contribution in [-0.2, 0) is 6.54 Å². The molecule has 0 amide bonds. The molecule has 1 aromatic rings. The molecule has 1 heterocycles. The molecule has 0 aliphatic rings. The molecule has 0 bridgehead atoms. The maximum Gasteiger partial charge on any atom is 0.0518 e. The molecule has 0 N–H and O–H groups in total. The van der Waals surface area contributed by atoms with Crippen molar-refractivity contribution < 1.29 is 0 Å². The number of aromatic nitrogens is 2. The Balaban J connectivity index is 2.27. The van der Waals surface area contributed by atoms with Gasteiger partial charge < -0.3 is 0 Å². The van der Waals surface area contributed by atoms with Crippen molar-refractivity contribution in [1.29, 1.82) is 0 Å². The van der Waals surface area contributed by atoms with Crippen molar-refractivity contribution in [3.63, 3.8) is 0 Å². The summed E-state index contributed by atoms with van der Waals surface area (Å²) in [6.45, 7) is 5.36. The first kappa shape index (κ1) is 8.31. The highest BCUT2D eigenvalue weighted by Gasteiger charge is 1.91. The lowest BCUT2D eigenvalue weighted by Gasteiger charge is -1.98. The molecule has 11 heavy (non-hydrogen) atoms. The van der Waals surface area contributed by atoms with Gasteiger partial charge in [0, 0.05) is 12.7 Å². The van der Waals surface area contributed by atoms with Crippen LogP contribution in [0.4, 0.5) is 0 Å². The first-order chi connectivity index (χ1) is 5.33. The van der Waals surface area contributed by atoms with Gasteiger partial charge in [0.1, 0.15) is 0 Å². The molecule has 0 aliphatic heterocycles. The highest BCUT2D eigenvalue weighted by Crippen LogP contribution is 1.99. The molecule has 0 spiro atoms. The molecule has 62 valence electrons. The van der Waals surface area contributed by atoms with Gasteiger partial charge in [0.05, 0.1) is 6.20 Å². The van der Waals surface area contributed by atoms with Gasteiger partial charge in [-0.2, -0.15) is 5.10 Å². The number of unbranched alkanes of at least 4 members (excludes halogenated alkanes) is 2. The van der Waals surface area contributed by atoms with E-state index >= 15 is 0 Å².